The Morgan fingerprint density at radius 3 is 2.60 bits per heavy atom. The zero-order chi connectivity index (χ0) is 13.9. The minimum atomic E-state index is -0.110. The Morgan fingerprint density at radius 2 is 1.80 bits per heavy atom. The van der Waals surface area contributed by atoms with Crippen LogP contribution in [0.2, 0.25) is 5.02 Å². The smallest absolute Gasteiger partial charge is 0.154 e. The Hall–Kier alpha value is -1.64. The fourth-order valence-corrected chi connectivity index (χ4v) is 2.84. The zero-order valence-electron chi connectivity index (χ0n) is 11.1. The molecule has 20 heavy (non-hydrogen) atoms. The number of halogens is 1. The number of nitrogens with one attached hydrogen (secondary N) is 1. The Balaban J connectivity index is 1.72. The number of carbonyl (C=O) groups excluding carboxylic acids is 1. The van der Waals surface area contributed by atoms with E-state index in [1.165, 1.54) is 11.1 Å². The topological polar surface area (TPSA) is 29.1 Å². The van der Waals surface area contributed by atoms with E-state index in [-0.39, 0.29) is 11.8 Å². The number of rotatable bonds is 3. The molecule has 0 fully saturated rings. The van der Waals surface area contributed by atoms with E-state index in [4.69, 9.17) is 11.6 Å². The van der Waals surface area contributed by atoms with Crippen molar-refractivity contribution in [3.63, 3.8) is 0 Å². The Kier molecular flexibility index (Phi) is 3.86. The van der Waals surface area contributed by atoms with E-state index in [1.54, 1.807) is 0 Å². The van der Waals surface area contributed by atoms with Gasteiger partial charge in [-0.3, -0.25) is 4.79 Å². The first kappa shape index (κ1) is 13.3. The van der Waals surface area contributed by atoms with Crippen molar-refractivity contribution < 1.29 is 4.79 Å². The summed E-state index contributed by atoms with van der Waals surface area (Å²) in [5.41, 5.74) is 3.46. The van der Waals surface area contributed by atoms with Crippen molar-refractivity contribution >= 4 is 17.4 Å². The lowest BCUT2D eigenvalue weighted by atomic mass is 9.91. The molecule has 0 aromatic heterocycles. The highest BCUT2D eigenvalue weighted by Gasteiger charge is 2.24. The molecule has 1 N–H and O–H groups in total. The summed E-state index contributed by atoms with van der Waals surface area (Å²) in [7, 11) is 0. The van der Waals surface area contributed by atoms with Gasteiger partial charge >= 0.3 is 0 Å². The van der Waals surface area contributed by atoms with Gasteiger partial charge in [-0.05, 0) is 29.2 Å². The van der Waals surface area contributed by atoms with Crippen molar-refractivity contribution in [2.75, 3.05) is 0 Å². The maximum atomic E-state index is 12.4. The minimum absolute atomic E-state index is 0.110. The molecule has 2 nitrogen and oxygen atoms in total. The lowest BCUT2D eigenvalue weighted by Crippen LogP contribution is -2.42. The molecule has 3 rings (SSSR count). The Bertz CT molecular complexity index is 638. The van der Waals surface area contributed by atoms with Gasteiger partial charge in [-0.1, -0.05) is 54.1 Å². The van der Waals surface area contributed by atoms with E-state index in [0.29, 0.717) is 11.4 Å². The van der Waals surface area contributed by atoms with E-state index < -0.39 is 0 Å². The van der Waals surface area contributed by atoms with Crippen molar-refractivity contribution in [3.8, 4) is 0 Å². The SMILES string of the molecule is O=C(Cc1ccccc1Cl)C1Cc2ccccc2CN1. The maximum Gasteiger partial charge on any atom is 0.154 e. The lowest BCUT2D eigenvalue weighted by Gasteiger charge is -2.25. The van der Waals surface area contributed by atoms with Crippen LogP contribution in [0.4, 0.5) is 0 Å². The molecule has 0 bridgehead atoms. The van der Waals surface area contributed by atoms with Crippen LogP contribution in [0.5, 0.6) is 0 Å². The third-order valence-electron chi connectivity index (χ3n) is 3.79. The number of ketones is 1. The highest BCUT2D eigenvalue weighted by molar-refractivity contribution is 6.31. The van der Waals surface area contributed by atoms with Gasteiger partial charge in [-0.2, -0.15) is 0 Å². The van der Waals surface area contributed by atoms with Gasteiger partial charge in [0, 0.05) is 18.0 Å². The molecule has 1 unspecified atom stereocenters. The van der Waals surface area contributed by atoms with Crippen molar-refractivity contribution in [2.24, 2.45) is 0 Å². The Morgan fingerprint density at radius 1 is 1.10 bits per heavy atom. The summed E-state index contributed by atoms with van der Waals surface area (Å²) >= 11 is 6.12. The standard InChI is InChI=1S/C17H16ClNO/c18-15-8-4-3-6-13(15)10-17(20)16-9-12-5-1-2-7-14(12)11-19-16/h1-8,16,19H,9-11H2. The fourth-order valence-electron chi connectivity index (χ4n) is 2.63. The average molecular weight is 286 g/mol. The van der Waals surface area contributed by atoms with Crippen molar-refractivity contribution in [1.82, 2.24) is 5.32 Å². The van der Waals surface area contributed by atoms with E-state index in [2.05, 4.69) is 17.4 Å². The van der Waals surface area contributed by atoms with Gasteiger partial charge in [0.1, 0.15) is 0 Å². The number of Topliss-reactive ketones (excluding diaryl/α,β-unsaturated/α-hetero) is 1. The number of benzene rings is 2. The second-order valence-electron chi connectivity index (χ2n) is 5.14. The summed E-state index contributed by atoms with van der Waals surface area (Å²) in [4.78, 5) is 12.4. The molecule has 1 aliphatic rings. The number of hydrogen-bond donors (Lipinski definition) is 1. The second kappa shape index (κ2) is 5.78. The Labute approximate surface area is 123 Å². The average Bonchev–Trinajstić information content (AvgIpc) is 2.49. The largest absolute Gasteiger partial charge is 0.303 e. The molecule has 0 aliphatic carbocycles. The van der Waals surface area contributed by atoms with E-state index in [1.807, 2.05) is 36.4 Å². The van der Waals surface area contributed by atoms with Crippen LogP contribution in [-0.4, -0.2) is 11.8 Å². The molecular weight excluding hydrogens is 270 g/mol. The first-order chi connectivity index (χ1) is 9.74. The van der Waals surface area contributed by atoms with Crippen LogP contribution in [0.1, 0.15) is 16.7 Å². The molecular formula is C17H16ClNO. The van der Waals surface area contributed by atoms with E-state index in [0.717, 1.165) is 18.5 Å². The predicted octanol–water partition coefficient (Wildman–Crippen LogP) is 3.17. The minimum Gasteiger partial charge on any atom is -0.303 e. The lowest BCUT2D eigenvalue weighted by molar-refractivity contribution is -0.120. The van der Waals surface area contributed by atoms with Crippen LogP contribution in [-0.2, 0) is 24.2 Å². The van der Waals surface area contributed by atoms with Gasteiger partial charge in [0.25, 0.3) is 0 Å². The van der Waals surface area contributed by atoms with Crippen molar-refractivity contribution in [2.45, 2.75) is 25.4 Å². The zero-order valence-corrected chi connectivity index (χ0v) is 11.9. The van der Waals surface area contributed by atoms with Crippen LogP contribution in [0.15, 0.2) is 48.5 Å². The van der Waals surface area contributed by atoms with E-state index >= 15 is 0 Å². The first-order valence-electron chi connectivity index (χ1n) is 6.80. The van der Waals surface area contributed by atoms with Crippen molar-refractivity contribution in [3.05, 3.63) is 70.2 Å². The summed E-state index contributed by atoms with van der Waals surface area (Å²) in [5, 5.41) is 3.99. The van der Waals surface area contributed by atoms with Gasteiger partial charge in [0.05, 0.1) is 6.04 Å². The highest BCUT2D eigenvalue weighted by atomic mass is 35.5. The van der Waals surface area contributed by atoms with Crippen molar-refractivity contribution in [1.29, 1.82) is 0 Å². The molecule has 0 radical (unpaired) electrons. The molecule has 0 spiro atoms. The molecule has 1 aliphatic heterocycles. The van der Waals surface area contributed by atoms with Gasteiger partial charge in [-0.15, -0.1) is 0 Å². The van der Waals surface area contributed by atoms with Crippen LogP contribution < -0.4 is 5.32 Å². The molecule has 0 saturated carbocycles. The third kappa shape index (κ3) is 2.77. The first-order valence-corrected chi connectivity index (χ1v) is 7.18. The van der Waals surface area contributed by atoms with Gasteiger partial charge in [0.15, 0.2) is 5.78 Å². The summed E-state index contributed by atoms with van der Waals surface area (Å²) in [6.07, 6.45) is 1.15. The number of fused-ring (bicyclic) bond motifs is 1. The van der Waals surface area contributed by atoms with Crippen LogP contribution in [0.25, 0.3) is 0 Å². The summed E-state index contributed by atoms with van der Waals surface area (Å²) in [6.45, 7) is 0.759. The van der Waals surface area contributed by atoms with Crippen LogP contribution in [0, 0.1) is 0 Å². The molecule has 3 heteroatoms. The summed E-state index contributed by atoms with van der Waals surface area (Å²) < 4.78 is 0. The second-order valence-corrected chi connectivity index (χ2v) is 5.55. The molecule has 1 atom stereocenters. The molecule has 102 valence electrons. The van der Waals surface area contributed by atoms with Gasteiger partial charge in [0.2, 0.25) is 0 Å². The van der Waals surface area contributed by atoms with Crippen LogP contribution in [0.3, 0.4) is 0 Å². The van der Waals surface area contributed by atoms with E-state index in [9.17, 15) is 4.79 Å². The predicted molar refractivity (Wildman–Crippen MR) is 80.9 cm³/mol. The monoisotopic (exact) mass is 285 g/mol. The van der Waals surface area contributed by atoms with Crippen LogP contribution >= 0.6 is 11.6 Å². The normalized spacial score (nSPS) is 17.6. The summed E-state index contributed by atoms with van der Waals surface area (Å²) in [5.74, 6) is 0.201. The molecule has 0 saturated heterocycles. The summed E-state index contributed by atoms with van der Waals surface area (Å²) in [6, 6.07) is 15.7. The molecule has 2 aromatic carbocycles. The quantitative estimate of drug-likeness (QED) is 0.938. The third-order valence-corrected chi connectivity index (χ3v) is 4.16. The fraction of sp³-hybridized carbons (Fsp3) is 0.235. The molecule has 2 aromatic rings. The highest BCUT2D eigenvalue weighted by Crippen LogP contribution is 2.20. The molecule has 1 heterocycles. The number of hydrogen-bond acceptors (Lipinski definition) is 2. The van der Waals surface area contributed by atoms with Gasteiger partial charge < -0.3 is 5.32 Å². The van der Waals surface area contributed by atoms with Gasteiger partial charge in [-0.25, -0.2) is 0 Å². The molecule has 0 amide bonds. The maximum absolute atomic E-state index is 12.4. The number of carbonyl (C=O) groups is 1.